The number of pyridine rings is 1. The van der Waals surface area contributed by atoms with Gasteiger partial charge in [0.25, 0.3) is 5.91 Å². The van der Waals surface area contributed by atoms with E-state index in [-0.39, 0.29) is 23.3 Å². The maximum absolute atomic E-state index is 12.9. The van der Waals surface area contributed by atoms with Crippen molar-refractivity contribution in [3.05, 3.63) is 34.5 Å². The number of hydrogen-bond acceptors (Lipinski definition) is 5. The molecule has 0 aromatic carbocycles. The second-order valence-electron chi connectivity index (χ2n) is 6.96. The van der Waals surface area contributed by atoms with Crippen LogP contribution in [0.1, 0.15) is 41.9 Å². The second-order valence-corrected chi connectivity index (χ2v) is 7.34. The summed E-state index contributed by atoms with van der Waals surface area (Å²) in [4.78, 5) is 18.3. The number of carbonyl (C=O) groups is 1. The van der Waals surface area contributed by atoms with Crippen molar-refractivity contribution in [2.75, 3.05) is 19.7 Å². The molecule has 1 unspecified atom stereocenters. The van der Waals surface area contributed by atoms with Crippen molar-refractivity contribution in [3.8, 4) is 5.88 Å². The maximum Gasteiger partial charge on any atom is 0.340 e. The number of nitrogens with one attached hydrogen (secondary N) is 1. The number of nitrogens with zero attached hydrogens (tertiary/aromatic N) is 4. The molecule has 0 radical (unpaired) electrons. The van der Waals surface area contributed by atoms with E-state index in [0.29, 0.717) is 24.4 Å². The lowest BCUT2D eigenvalue weighted by Crippen LogP contribution is -2.39. The molecule has 1 aliphatic heterocycles. The van der Waals surface area contributed by atoms with Crippen molar-refractivity contribution in [1.82, 2.24) is 24.6 Å². The number of piperidine rings is 1. The number of alkyl halides is 4. The average molecular weight is 447 g/mol. The standard InChI is InChI=1S/C18H21F4N5O2S/c1-2-27-14(24-25-17(27)30)12-4-3-7-26(9-12)15(28)11-5-6-13(23-8-11)29-10-18(21,22)16(19)20/h5-6,8,12,16H,2-4,7,9-10H2,1H3,(H,25,30). The van der Waals surface area contributed by atoms with Crippen molar-refractivity contribution in [2.45, 2.75) is 44.6 Å². The second kappa shape index (κ2) is 9.11. The van der Waals surface area contributed by atoms with Crippen LogP contribution in [0.4, 0.5) is 17.6 Å². The Morgan fingerprint density at radius 3 is 2.83 bits per heavy atom. The van der Waals surface area contributed by atoms with E-state index in [1.807, 2.05) is 11.5 Å². The highest BCUT2D eigenvalue weighted by atomic mass is 32.1. The van der Waals surface area contributed by atoms with E-state index in [0.717, 1.165) is 18.7 Å². The largest absolute Gasteiger partial charge is 0.471 e. The molecule has 0 spiro atoms. The molecular weight excluding hydrogens is 426 g/mol. The highest BCUT2D eigenvalue weighted by Crippen LogP contribution is 2.27. The minimum absolute atomic E-state index is 0.0303. The van der Waals surface area contributed by atoms with Crippen molar-refractivity contribution in [1.29, 1.82) is 0 Å². The van der Waals surface area contributed by atoms with Crippen LogP contribution in [-0.2, 0) is 6.54 Å². The first-order chi connectivity index (χ1) is 14.2. The number of halogens is 4. The van der Waals surface area contributed by atoms with E-state index in [2.05, 4.69) is 19.9 Å². The lowest BCUT2D eigenvalue weighted by atomic mass is 9.96. The number of rotatable bonds is 7. The third kappa shape index (κ3) is 4.79. The Morgan fingerprint density at radius 2 is 2.20 bits per heavy atom. The molecule has 0 saturated carbocycles. The zero-order valence-electron chi connectivity index (χ0n) is 16.2. The normalized spacial score (nSPS) is 17.4. The predicted molar refractivity (Wildman–Crippen MR) is 102 cm³/mol. The summed E-state index contributed by atoms with van der Waals surface area (Å²) in [6.45, 7) is 2.16. The Balaban J connectivity index is 1.65. The molecule has 2 aromatic heterocycles. The van der Waals surface area contributed by atoms with Gasteiger partial charge in [-0.1, -0.05) is 0 Å². The van der Waals surface area contributed by atoms with Gasteiger partial charge in [0.2, 0.25) is 5.88 Å². The summed E-state index contributed by atoms with van der Waals surface area (Å²) in [5.74, 6) is -3.97. The molecule has 7 nitrogen and oxygen atoms in total. The highest BCUT2D eigenvalue weighted by molar-refractivity contribution is 7.71. The van der Waals surface area contributed by atoms with Gasteiger partial charge < -0.3 is 14.2 Å². The monoisotopic (exact) mass is 447 g/mol. The van der Waals surface area contributed by atoms with Gasteiger partial charge in [-0.15, -0.1) is 0 Å². The molecule has 1 aliphatic rings. The summed E-state index contributed by atoms with van der Waals surface area (Å²) < 4.78 is 57.3. The molecule has 2 aromatic rings. The molecule has 30 heavy (non-hydrogen) atoms. The Kier molecular flexibility index (Phi) is 6.74. The lowest BCUT2D eigenvalue weighted by Gasteiger charge is -2.32. The number of ether oxygens (including phenoxy) is 1. The minimum atomic E-state index is -4.27. The third-order valence-corrected chi connectivity index (χ3v) is 5.20. The van der Waals surface area contributed by atoms with Crippen LogP contribution in [0.5, 0.6) is 5.88 Å². The van der Waals surface area contributed by atoms with Gasteiger partial charge in [0.15, 0.2) is 11.4 Å². The summed E-state index contributed by atoms with van der Waals surface area (Å²) in [5, 5.41) is 7.09. The van der Waals surface area contributed by atoms with Crippen molar-refractivity contribution in [3.63, 3.8) is 0 Å². The van der Waals surface area contributed by atoms with Crippen LogP contribution in [0.3, 0.4) is 0 Å². The van der Waals surface area contributed by atoms with Crippen LogP contribution < -0.4 is 4.74 Å². The molecule has 0 aliphatic carbocycles. The number of carbonyl (C=O) groups excluding carboxylic acids is 1. The lowest BCUT2D eigenvalue weighted by molar-refractivity contribution is -0.148. The van der Waals surface area contributed by atoms with E-state index in [1.165, 1.54) is 18.3 Å². The van der Waals surface area contributed by atoms with Crippen molar-refractivity contribution in [2.24, 2.45) is 0 Å². The fourth-order valence-electron chi connectivity index (χ4n) is 3.33. The van der Waals surface area contributed by atoms with E-state index in [9.17, 15) is 22.4 Å². The number of aromatic amines is 1. The van der Waals surface area contributed by atoms with Gasteiger partial charge in [0.05, 0.1) is 5.56 Å². The molecular formula is C18H21F4N5O2S. The molecule has 3 heterocycles. The summed E-state index contributed by atoms with van der Waals surface area (Å²) in [5.41, 5.74) is 0.248. The van der Waals surface area contributed by atoms with Gasteiger partial charge in [-0.3, -0.25) is 9.89 Å². The van der Waals surface area contributed by atoms with Crippen molar-refractivity contribution >= 4 is 18.1 Å². The fraction of sp³-hybridized carbons (Fsp3) is 0.556. The smallest absolute Gasteiger partial charge is 0.340 e. The molecule has 1 atom stereocenters. The fourth-order valence-corrected chi connectivity index (χ4v) is 3.60. The van der Waals surface area contributed by atoms with Gasteiger partial charge in [-0.2, -0.15) is 13.9 Å². The van der Waals surface area contributed by atoms with E-state index in [1.54, 1.807) is 4.90 Å². The Morgan fingerprint density at radius 1 is 1.43 bits per heavy atom. The zero-order chi connectivity index (χ0) is 21.9. The number of H-pyrrole nitrogens is 1. The number of hydrogen-bond donors (Lipinski definition) is 1. The SMILES string of the molecule is CCn1c(C2CCCN(C(=O)c3ccc(OCC(F)(F)C(F)F)nc3)C2)n[nH]c1=S. The van der Waals surface area contributed by atoms with Crippen LogP contribution in [0.15, 0.2) is 18.3 Å². The third-order valence-electron chi connectivity index (χ3n) is 4.89. The van der Waals surface area contributed by atoms with Gasteiger partial charge in [-0.25, -0.2) is 13.8 Å². The highest BCUT2D eigenvalue weighted by Gasteiger charge is 2.41. The maximum atomic E-state index is 12.9. The first-order valence-corrected chi connectivity index (χ1v) is 9.83. The molecule has 0 bridgehead atoms. The van der Waals surface area contributed by atoms with Gasteiger partial charge >= 0.3 is 12.3 Å². The topological polar surface area (TPSA) is 76.0 Å². The van der Waals surface area contributed by atoms with Crippen LogP contribution in [0.2, 0.25) is 0 Å². The summed E-state index contributed by atoms with van der Waals surface area (Å²) in [7, 11) is 0. The Bertz CT molecular complexity index is 931. The summed E-state index contributed by atoms with van der Waals surface area (Å²) >= 11 is 5.23. The van der Waals surface area contributed by atoms with Crippen LogP contribution in [0, 0.1) is 4.77 Å². The van der Waals surface area contributed by atoms with E-state index in [4.69, 9.17) is 12.2 Å². The number of amides is 1. The Hall–Kier alpha value is -2.50. The predicted octanol–water partition coefficient (Wildman–Crippen LogP) is 3.65. The molecule has 1 N–H and O–H groups in total. The minimum Gasteiger partial charge on any atom is -0.471 e. The van der Waals surface area contributed by atoms with Gasteiger partial charge in [0, 0.05) is 37.8 Å². The number of aromatic nitrogens is 4. The van der Waals surface area contributed by atoms with Gasteiger partial charge in [0.1, 0.15) is 5.82 Å². The van der Waals surface area contributed by atoms with Crippen LogP contribution in [0.25, 0.3) is 0 Å². The molecule has 1 amide bonds. The van der Waals surface area contributed by atoms with Crippen molar-refractivity contribution < 1.29 is 27.1 Å². The molecule has 1 saturated heterocycles. The first kappa shape index (κ1) is 22.2. The molecule has 3 rings (SSSR count). The van der Waals surface area contributed by atoms with Gasteiger partial charge in [-0.05, 0) is 38.0 Å². The van der Waals surface area contributed by atoms with Crippen LogP contribution >= 0.6 is 12.2 Å². The summed E-state index contributed by atoms with van der Waals surface area (Å²) in [6.07, 6.45) is -0.989. The number of likely N-dealkylation sites (tertiary alicyclic amines) is 1. The first-order valence-electron chi connectivity index (χ1n) is 9.42. The average Bonchev–Trinajstić information content (AvgIpc) is 3.12. The zero-order valence-corrected chi connectivity index (χ0v) is 17.0. The summed E-state index contributed by atoms with van der Waals surface area (Å²) in [6, 6.07) is 2.58. The molecule has 164 valence electrons. The van der Waals surface area contributed by atoms with E-state index >= 15 is 0 Å². The van der Waals surface area contributed by atoms with Crippen LogP contribution in [-0.4, -0.2) is 62.6 Å². The van der Waals surface area contributed by atoms with E-state index < -0.39 is 19.0 Å². The Labute approximate surface area is 175 Å². The molecule has 1 fully saturated rings. The molecule has 12 heteroatoms. The quantitative estimate of drug-likeness (QED) is 0.518.